The van der Waals surface area contributed by atoms with Crippen molar-refractivity contribution in [1.82, 2.24) is 4.57 Å². The summed E-state index contributed by atoms with van der Waals surface area (Å²) in [6.07, 6.45) is 13.4. The van der Waals surface area contributed by atoms with Crippen molar-refractivity contribution >= 4 is 16.6 Å². The topological polar surface area (TPSA) is 30.9 Å². The molecule has 1 aromatic carbocycles. The summed E-state index contributed by atoms with van der Waals surface area (Å²) in [5.74, 6) is 0. The van der Waals surface area contributed by atoms with E-state index < -0.39 is 0 Å². The van der Waals surface area contributed by atoms with Crippen molar-refractivity contribution in [3.63, 3.8) is 0 Å². The molecule has 0 saturated carbocycles. The Morgan fingerprint density at radius 3 is 2.85 bits per heavy atom. The molecule has 1 heterocycles. The van der Waals surface area contributed by atoms with Crippen molar-refractivity contribution in [1.29, 1.82) is 0 Å². The lowest BCUT2D eigenvalue weighted by atomic mass is 10.2. The molecule has 0 aliphatic carbocycles. The maximum absolute atomic E-state index is 5.90. The Labute approximate surface area is 120 Å². The van der Waals surface area contributed by atoms with E-state index in [1.165, 1.54) is 10.9 Å². The fourth-order valence-electron chi connectivity index (χ4n) is 2.13. The van der Waals surface area contributed by atoms with Gasteiger partial charge in [-0.15, -0.1) is 0 Å². The number of benzene rings is 1. The van der Waals surface area contributed by atoms with Crippen molar-refractivity contribution in [2.24, 2.45) is 5.73 Å². The van der Waals surface area contributed by atoms with Crippen LogP contribution in [0.1, 0.15) is 20.3 Å². The van der Waals surface area contributed by atoms with Crippen molar-refractivity contribution in [2.75, 3.05) is 0 Å². The van der Waals surface area contributed by atoms with Gasteiger partial charge in [-0.1, -0.05) is 43.4 Å². The molecular formula is C18H22N2. The number of rotatable bonds is 5. The zero-order chi connectivity index (χ0) is 14.4. The minimum atomic E-state index is 0.125. The maximum atomic E-state index is 5.90. The number of hydrogen-bond acceptors (Lipinski definition) is 1. The average Bonchev–Trinajstić information content (AvgIpc) is 2.90. The van der Waals surface area contributed by atoms with Gasteiger partial charge < -0.3 is 10.3 Å². The van der Waals surface area contributed by atoms with Gasteiger partial charge >= 0.3 is 0 Å². The van der Waals surface area contributed by atoms with Crippen LogP contribution >= 0.6 is 0 Å². The molecule has 1 atom stereocenters. The predicted molar refractivity (Wildman–Crippen MR) is 88.4 cm³/mol. The first kappa shape index (κ1) is 14.4. The minimum Gasteiger partial charge on any atom is -0.324 e. The lowest BCUT2D eigenvalue weighted by Crippen LogP contribution is -2.14. The van der Waals surface area contributed by atoms with Gasteiger partial charge in [-0.2, -0.15) is 0 Å². The molecule has 20 heavy (non-hydrogen) atoms. The number of nitrogens with two attached hydrogens (primary N) is 1. The molecule has 104 valence electrons. The smallest absolute Gasteiger partial charge is 0.0528 e. The SMILES string of the molecule is C\C=C/C(=C\C=C\C(N)CC)n1ccc2ccccc21. The number of hydrogen-bond donors (Lipinski definition) is 1. The molecule has 2 rings (SSSR count). The van der Waals surface area contributed by atoms with Gasteiger partial charge in [0.1, 0.15) is 0 Å². The highest BCUT2D eigenvalue weighted by molar-refractivity contribution is 5.84. The molecule has 0 fully saturated rings. The van der Waals surface area contributed by atoms with Crippen LogP contribution in [0.4, 0.5) is 0 Å². The van der Waals surface area contributed by atoms with Gasteiger partial charge in [0.05, 0.1) is 5.52 Å². The number of allylic oxidation sites excluding steroid dienone is 5. The number of aromatic nitrogens is 1. The molecule has 2 N–H and O–H groups in total. The summed E-state index contributed by atoms with van der Waals surface area (Å²) in [7, 11) is 0. The molecule has 0 saturated heterocycles. The Balaban J connectivity index is 2.38. The van der Waals surface area contributed by atoms with Crippen LogP contribution in [-0.4, -0.2) is 10.6 Å². The van der Waals surface area contributed by atoms with Gasteiger partial charge in [0.25, 0.3) is 0 Å². The second-order valence-corrected chi connectivity index (χ2v) is 4.79. The van der Waals surface area contributed by atoms with Crippen LogP contribution < -0.4 is 5.73 Å². The Morgan fingerprint density at radius 2 is 2.10 bits per heavy atom. The standard InChI is InChI=1S/C18H22N2/c1-3-8-17(11-7-10-16(19)4-2)20-14-13-15-9-5-6-12-18(15)20/h3,5-14,16H,4,19H2,1-2H3/b8-3-,10-7+,17-11+. The summed E-state index contributed by atoms with van der Waals surface area (Å²) >= 11 is 0. The Kier molecular flexibility index (Phi) is 4.97. The molecule has 0 bridgehead atoms. The van der Waals surface area contributed by atoms with Crippen molar-refractivity contribution in [3.8, 4) is 0 Å². The van der Waals surface area contributed by atoms with Crippen molar-refractivity contribution in [2.45, 2.75) is 26.3 Å². The van der Waals surface area contributed by atoms with E-state index in [4.69, 9.17) is 5.73 Å². The number of fused-ring (bicyclic) bond motifs is 1. The summed E-state index contributed by atoms with van der Waals surface area (Å²) in [5, 5.41) is 1.25. The van der Waals surface area contributed by atoms with E-state index in [1.807, 2.05) is 25.2 Å². The van der Waals surface area contributed by atoms with Crippen LogP contribution in [-0.2, 0) is 0 Å². The minimum absolute atomic E-state index is 0.125. The van der Waals surface area contributed by atoms with E-state index >= 15 is 0 Å². The molecule has 2 aromatic rings. The number of nitrogens with zero attached hydrogens (tertiary/aromatic N) is 1. The molecule has 0 aliphatic heterocycles. The molecule has 2 nitrogen and oxygen atoms in total. The Hall–Kier alpha value is -2.06. The van der Waals surface area contributed by atoms with Crippen LogP contribution in [0.15, 0.2) is 66.9 Å². The molecule has 0 aliphatic rings. The van der Waals surface area contributed by atoms with E-state index in [0.29, 0.717) is 0 Å². The van der Waals surface area contributed by atoms with Crippen LogP contribution in [0, 0.1) is 0 Å². The number of para-hydroxylation sites is 1. The third-order valence-corrected chi connectivity index (χ3v) is 3.31. The summed E-state index contributed by atoms with van der Waals surface area (Å²) in [5.41, 5.74) is 8.25. The summed E-state index contributed by atoms with van der Waals surface area (Å²) in [4.78, 5) is 0. The Morgan fingerprint density at radius 1 is 1.30 bits per heavy atom. The molecule has 0 amide bonds. The monoisotopic (exact) mass is 266 g/mol. The first-order valence-electron chi connectivity index (χ1n) is 7.09. The van der Waals surface area contributed by atoms with Crippen LogP contribution in [0.2, 0.25) is 0 Å². The average molecular weight is 266 g/mol. The van der Waals surface area contributed by atoms with E-state index in [2.05, 4.69) is 60.2 Å². The lowest BCUT2D eigenvalue weighted by Gasteiger charge is -2.06. The summed E-state index contributed by atoms with van der Waals surface area (Å²) < 4.78 is 2.19. The predicted octanol–water partition coefficient (Wildman–Crippen LogP) is 4.35. The van der Waals surface area contributed by atoms with Gasteiger partial charge in [-0.3, -0.25) is 0 Å². The van der Waals surface area contributed by atoms with Gasteiger partial charge in [0.2, 0.25) is 0 Å². The van der Waals surface area contributed by atoms with Gasteiger partial charge in [-0.05, 0) is 43.0 Å². The first-order chi connectivity index (χ1) is 9.76. The normalized spacial score (nSPS) is 14.7. The fourth-order valence-corrected chi connectivity index (χ4v) is 2.13. The highest BCUT2D eigenvalue weighted by Gasteiger charge is 2.01. The van der Waals surface area contributed by atoms with E-state index in [9.17, 15) is 0 Å². The van der Waals surface area contributed by atoms with E-state index in [-0.39, 0.29) is 6.04 Å². The zero-order valence-corrected chi connectivity index (χ0v) is 12.2. The first-order valence-corrected chi connectivity index (χ1v) is 7.09. The van der Waals surface area contributed by atoms with Crippen LogP contribution in [0.5, 0.6) is 0 Å². The second-order valence-electron chi connectivity index (χ2n) is 4.79. The van der Waals surface area contributed by atoms with Gasteiger partial charge in [0, 0.05) is 17.9 Å². The van der Waals surface area contributed by atoms with Crippen molar-refractivity contribution in [3.05, 3.63) is 66.9 Å². The van der Waals surface area contributed by atoms with Crippen LogP contribution in [0.25, 0.3) is 16.6 Å². The molecular weight excluding hydrogens is 244 g/mol. The maximum Gasteiger partial charge on any atom is 0.0528 e. The summed E-state index contributed by atoms with van der Waals surface area (Å²) in [6.45, 7) is 4.12. The highest BCUT2D eigenvalue weighted by atomic mass is 15.0. The second kappa shape index (κ2) is 6.92. The van der Waals surface area contributed by atoms with Gasteiger partial charge in [-0.25, -0.2) is 0 Å². The molecule has 0 radical (unpaired) electrons. The van der Waals surface area contributed by atoms with E-state index in [0.717, 1.165) is 12.1 Å². The lowest BCUT2D eigenvalue weighted by molar-refractivity contribution is 0.782. The largest absolute Gasteiger partial charge is 0.324 e. The quantitative estimate of drug-likeness (QED) is 0.801. The Bertz CT molecular complexity index is 644. The fraction of sp³-hybridized carbons (Fsp3) is 0.222. The van der Waals surface area contributed by atoms with Crippen molar-refractivity contribution < 1.29 is 0 Å². The molecule has 1 unspecified atom stereocenters. The molecule has 2 heteroatoms. The summed E-state index contributed by atoms with van der Waals surface area (Å²) in [6, 6.07) is 10.6. The van der Waals surface area contributed by atoms with Crippen LogP contribution in [0.3, 0.4) is 0 Å². The zero-order valence-electron chi connectivity index (χ0n) is 12.2. The third-order valence-electron chi connectivity index (χ3n) is 3.31. The van der Waals surface area contributed by atoms with E-state index in [1.54, 1.807) is 0 Å². The highest BCUT2D eigenvalue weighted by Crippen LogP contribution is 2.20. The third kappa shape index (κ3) is 3.28. The van der Waals surface area contributed by atoms with Gasteiger partial charge in [0.15, 0.2) is 0 Å². The molecule has 1 aromatic heterocycles. The molecule has 0 spiro atoms.